The molecule has 9 heterocycles. The third-order valence-electron chi connectivity index (χ3n) is 19.3. The van der Waals surface area contributed by atoms with Crippen LogP contribution in [-0.2, 0) is 43.5 Å². The number of H-pyrrole nitrogens is 4. The van der Waals surface area contributed by atoms with Gasteiger partial charge in [0.15, 0.2) is 9.84 Å². The van der Waals surface area contributed by atoms with E-state index in [4.69, 9.17) is 4.98 Å². The maximum Gasteiger partial charge on any atom is 0.303 e. The number of sulfone groups is 1. The molecule has 0 unspecified atom stereocenters. The zero-order valence-electron chi connectivity index (χ0n) is 60.9. The fourth-order valence-electron chi connectivity index (χ4n) is 14.8. The Bertz CT molecular complexity index is 5800. The first kappa shape index (κ1) is 74.1. The fraction of sp³-hybridized carbons (Fsp3) is 0.244. The molecule has 0 atom stereocenters. The Balaban J connectivity index is 0.000000127. The number of fused-ring (bicyclic) bond motifs is 8. The van der Waals surface area contributed by atoms with Crippen molar-refractivity contribution in [2.75, 3.05) is 6.26 Å². The Labute approximate surface area is 616 Å². The van der Waals surface area contributed by atoms with Gasteiger partial charge >= 0.3 is 17.9 Å². The molecule has 16 aromatic rings. The van der Waals surface area contributed by atoms with Crippen LogP contribution in [0.5, 0.6) is 0 Å². The molecule has 16 rings (SSSR count). The van der Waals surface area contributed by atoms with E-state index in [0.717, 1.165) is 117 Å². The van der Waals surface area contributed by atoms with Gasteiger partial charge in [-0.3, -0.25) is 29.1 Å². The lowest BCUT2D eigenvalue weighted by atomic mass is 9.99. The highest BCUT2D eigenvalue weighted by Gasteiger charge is 2.30. The quantitative estimate of drug-likeness (QED) is 0.0394. The molecule has 0 bridgehead atoms. The Kier molecular flexibility index (Phi) is 20.6. The largest absolute Gasteiger partial charge is 0.481 e. The van der Waals surface area contributed by atoms with Crippen LogP contribution in [0.2, 0.25) is 0 Å². The van der Waals surface area contributed by atoms with Crippen LogP contribution in [0.25, 0.3) is 110 Å². The minimum absolute atomic E-state index is 0.0310. The van der Waals surface area contributed by atoms with Gasteiger partial charge in [0.2, 0.25) is 0 Å². The van der Waals surface area contributed by atoms with Crippen LogP contribution in [0.1, 0.15) is 143 Å². The van der Waals surface area contributed by atoms with E-state index < -0.39 is 27.7 Å². The number of aliphatic carboxylic acids is 3. The standard InChI is InChI=1S/C22H21FN2O2.C21H20FN3O2.C20H19FN4O2.C19H19FN4O2S/c1-13(2)22-17(7-8-21(26)27)18-12-19-14(9-10-24-19)11-20(18)25(22)16-5-3-15(23)4-6-16;1-12(2)21-16(7-8-20(26)27)17-9-13-11-23-24-18(13)10-19(17)25(21)15-5-3-14(22)4-6-15;1-11(2)19-14(7-8-18(26)27)15-9-16-17(10-22-24-16)23-20(15)25(19)13-5-3-12(21)4-6-13;1-10(2)18-19(27(4,25)26)13-8-15-16(22-23-21-15)9-17(13)24(18)12-5-6-14(20)11(3)7-12/h3-6,9-13,24H,7-8H2,1-2H3,(H,26,27);3-6,9-12H,7-8H2,1-2H3,(H,23,24)(H,26,27);3-6,9-11H,7-8H2,1-2H3,(H,22,24)(H,26,27);5-10H,1-4H3,(H,21,22,23). The zero-order valence-corrected chi connectivity index (χ0v) is 61.7. The zero-order chi connectivity index (χ0) is 76.9. The second-order valence-corrected chi connectivity index (χ2v) is 30.1. The van der Waals surface area contributed by atoms with Crippen LogP contribution in [-0.4, -0.2) is 112 Å². The number of carboxylic acid groups (broad SMARTS) is 3. The molecule has 0 amide bonds. The van der Waals surface area contributed by atoms with Gasteiger partial charge in [-0.2, -0.15) is 25.6 Å². The Morgan fingerprint density at radius 3 is 1.42 bits per heavy atom. The molecule has 0 saturated carbocycles. The van der Waals surface area contributed by atoms with E-state index >= 15 is 0 Å². The molecular formula is C82H79F4N13O8S. The lowest BCUT2D eigenvalue weighted by Gasteiger charge is -2.15. The number of halogens is 4. The van der Waals surface area contributed by atoms with E-state index in [0.29, 0.717) is 58.1 Å². The molecule has 0 saturated heterocycles. The van der Waals surface area contributed by atoms with Gasteiger partial charge in [0, 0.05) is 115 Å². The molecule has 0 aliphatic rings. The normalized spacial score (nSPS) is 11.9. The van der Waals surface area contributed by atoms with Crippen molar-refractivity contribution in [3.05, 3.63) is 226 Å². The molecule has 0 aliphatic carbocycles. The van der Waals surface area contributed by atoms with Crippen molar-refractivity contribution in [2.24, 2.45) is 0 Å². The summed E-state index contributed by atoms with van der Waals surface area (Å²) >= 11 is 0. The van der Waals surface area contributed by atoms with Gasteiger partial charge in [-0.05, 0) is 212 Å². The fourth-order valence-corrected chi connectivity index (χ4v) is 16.1. The van der Waals surface area contributed by atoms with Crippen molar-refractivity contribution in [3.63, 3.8) is 0 Å². The van der Waals surface area contributed by atoms with Crippen LogP contribution in [0.3, 0.4) is 0 Å². The van der Waals surface area contributed by atoms with Gasteiger partial charge < -0.3 is 34.0 Å². The third kappa shape index (κ3) is 14.5. The SMILES string of the molecule is CC(C)c1c(CCC(=O)O)c2cc3[nH]ccc3cc2n1-c1ccc(F)cc1.CC(C)c1c(CCC(=O)O)c2cc3[nH]ncc3nc2n1-c1ccc(F)cc1.CC(C)c1c(CCC(=O)O)c2cc3cn[nH]c3cc2n1-c1ccc(F)cc1.Cc1cc(-n2c(C(C)C)c(S(C)(=O)=O)c3cc4n[nH]nc4cc32)ccc1F. The topological polar surface area (TPSA) is 293 Å². The average molecular weight is 1480 g/mol. The number of rotatable bonds is 18. The van der Waals surface area contributed by atoms with E-state index in [1.54, 1.807) is 73.9 Å². The van der Waals surface area contributed by atoms with Gasteiger partial charge in [0.05, 0.1) is 44.9 Å². The molecule has 0 radical (unpaired) electrons. The highest BCUT2D eigenvalue weighted by molar-refractivity contribution is 7.91. The number of pyridine rings is 1. The number of carboxylic acids is 3. The maximum absolute atomic E-state index is 13.8. The number of benzene rings is 7. The summed E-state index contributed by atoms with van der Waals surface area (Å²) in [5.41, 5.74) is 18.6. The van der Waals surface area contributed by atoms with E-state index in [2.05, 4.69) is 110 Å². The monoisotopic (exact) mass is 1480 g/mol. The summed E-state index contributed by atoms with van der Waals surface area (Å²) in [4.78, 5) is 41.9. The Morgan fingerprint density at radius 1 is 0.454 bits per heavy atom. The van der Waals surface area contributed by atoms with E-state index in [9.17, 15) is 55.7 Å². The van der Waals surface area contributed by atoms with Crippen LogP contribution in [0.4, 0.5) is 17.6 Å². The van der Waals surface area contributed by atoms with Crippen LogP contribution in [0.15, 0.2) is 163 Å². The lowest BCUT2D eigenvalue weighted by molar-refractivity contribution is -0.138. The third-order valence-corrected chi connectivity index (χ3v) is 20.5. The second kappa shape index (κ2) is 30.0. The minimum atomic E-state index is -3.52. The number of aromatic nitrogens is 13. The first-order valence-electron chi connectivity index (χ1n) is 35.3. The molecule has 0 spiro atoms. The number of nitrogens with one attached hydrogen (secondary N) is 4. The highest BCUT2D eigenvalue weighted by atomic mass is 32.2. The smallest absolute Gasteiger partial charge is 0.303 e. The van der Waals surface area contributed by atoms with Crippen LogP contribution < -0.4 is 0 Å². The summed E-state index contributed by atoms with van der Waals surface area (Å²) in [7, 11) is -3.52. The van der Waals surface area contributed by atoms with Crippen molar-refractivity contribution >= 4 is 115 Å². The lowest BCUT2D eigenvalue weighted by Crippen LogP contribution is -2.07. The summed E-state index contributed by atoms with van der Waals surface area (Å²) in [5, 5.41) is 58.0. The number of carbonyl (C=O) groups is 3. The van der Waals surface area contributed by atoms with Crippen molar-refractivity contribution in [1.29, 1.82) is 0 Å². The first-order chi connectivity index (χ1) is 51.5. The average Bonchev–Trinajstić information content (AvgIpc) is 1.52. The molecule has 108 heavy (non-hydrogen) atoms. The summed E-state index contributed by atoms with van der Waals surface area (Å²) in [5.74, 6) is -3.25. The molecule has 554 valence electrons. The molecule has 26 heteroatoms. The molecule has 7 N–H and O–H groups in total. The van der Waals surface area contributed by atoms with Gasteiger partial charge in [-0.1, -0.05) is 55.4 Å². The molecule has 7 aromatic carbocycles. The minimum Gasteiger partial charge on any atom is -0.481 e. The number of aryl methyl sites for hydroxylation is 4. The molecule has 0 aliphatic heterocycles. The van der Waals surface area contributed by atoms with Crippen LogP contribution in [0, 0.1) is 30.2 Å². The Hall–Kier alpha value is -12.2. The Morgan fingerprint density at radius 2 is 0.898 bits per heavy atom. The predicted molar refractivity (Wildman–Crippen MR) is 411 cm³/mol. The highest BCUT2D eigenvalue weighted by Crippen LogP contribution is 2.42. The molecular weight excluding hydrogens is 1400 g/mol. The van der Waals surface area contributed by atoms with E-state index in [-0.39, 0.29) is 71.1 Å². The summed E-state index contributed by atoms with van der Waals surface area (Å²) < 4.78 is 87.8. The summed E-state index contributed by atoms with van der Waals surface area (Å²) in [6.45, 7) is 18.1. The van der Waals surface area contributed by atoms with Gasteiger partial charge in [0.25, 0.3) is 0 Å². The summed E-state index contributed by atoms with van der Waals surface area (Å²) in [6.07, 6.45) is 7.99. The van der Waals surface area contributed by atoms with Crippen molar-refractivity contribution in [3.8, 4) is 22.7 Å². The van der Waals surface area contributed by atoms with Crippen LogP contribution >= 0.6 is 0 Å². The molecule has 21 nitrogen and oxygen atoms in total. The molecule has 0 fully saturated rings. The number of hydrogen-bond donors (Lipinski definition) is 7. The van der Waals surface area contributed by atoms with Crippen molar-refractivity contribution in [1.82, 2.24) is 64.0 Å². The predicted octanol–water partition coefficient (Wildman–Crippen LogP) is 18.2. The van der Waals surface area contributed by atoms with Gasteiger partial charge in [-0.25, -0.2) is 31.0 Å². The van der Waals surface area contributed by atoms with E-state index in [1.165, 1.54) is 48.7 Å². The van der Waals surface area contributed by atoms with Gasteiger partial charge in [-0.15, -0.1) is 0 Å². The number of aromatic amines is 4. The first-order valence-corrected chi connectivity index (χ1v) is 37.2. The van der Waals surface area contributed by atoms with Crippen molar-refractivity contribution in [2.45, 2.75) is 129 Å². The molecule has 9 aromatic heterocycles. The second-order valence-electron chi connectivity index (χ2n) is 28.2. The van der Waals surface area contributed by atoms with Gasteiger partial charge in [0.1, 0.15) is 45.5 Å². The summed E-state index contributed by atoms with van der Waals surface area (Å²) in [6, 6.07) is 39.7. The maximum atomic E-state index is 13.8. The van der Waals surface area contributed by atoms with E-state index in [1.807, 2.05) is 53.4 Å². The van der Waals surface area contributed by atoms with Crippen molar-refractivity contribution < 1.29 is 55.7 Å². The number of hydrogen-bond acceptors (Lipinski definition) is 10. The number of nitrogens with zero attached hydrogens (tertiary/aromatic N) is 9.